The Hall–Kier alpha value is -3.21. The van der Waals surface area contributed by atoms with Crippen molar-refractivity contribution in [1.82, 2.24) is 14.9 Å². The van der Waals surface area contributed by atoms with Gasteiger partial charge < -0.3 is 10.2 Å². The number of likely N-dealkylation sites (tertiary alicyclic amines) is 1. The van der Waals surface area contributed by atoms with E-state index < -0.39 is 0 Å². The molecular weight excluding hydrogens is 360 g/mol. The Morgan fingerprint density at radius 2 is 1.59 bits per heavy atom. The second-order valence-electron chi connectivity index (χ2n) is 7.53. The Morgan fingerprint density at radius 1 is 0.931 bits per heavy atom. The molecule has 0 unspecified atom stereocenters. The van der Waals surface area contributed by atoms with Gasteiger partial charge in [0.05, 0.1) is 0 Å². The third-order valence-electron chi connectivity index (χ3n) is 5.44. The molecule has 2 aromatic carbocycles. The number of nitrogens with zero attached hydrogens (tertiary/aromatic N) is 3. The van der Waals surface area contributed by atoms with Gasteiger partial charge in [0, 0.05) is 25.8 Å². The van der Waals surface area contributed by atoms with Crippen molar-refractivity contribution in [2.24, 2.45) is 5.92 Å². The summed E-state index contributed by atoms with van der Waals surface area (Å²) in [6.45, 7) is 2.20. The molecule has 5 nitrogen and oxygen atoms in total. The zero-order chi connectivity index (χ0) is 19.9. The SMILES string of the molecule is O=C(c1ccnc(NCc2ccccc2)n1)N1CCC(Cc2ccccc2)CC1. The van der Waals surface area contributed by atoms with Gasteiger partial charge in [0.25, 0.3) is 5.91 Å². The zero-order valence-corrected chi connectivity index (χ0v) is 16.5. The van der Waals surface area contributed by atoms with E-state index in [1.54, 1.807) is 12.3 Å². The minimum absolute atomic E-state index is 0.00618. The minimum Gasteiger partial charge on any atom is -0.350 e. The Morgan fingerprint density at radius 3 is 2.28 bits per heavy atom. The number of benzene rings is 2. The lowest BCUT2D eigenvalue weighted by Gasteiger charge is -2.32. The standard InChI is InChI=1S/C24H26N4O/c29-23(28-15-12-20(13-16-28)17-19-7-3-1-4-8-19)22-11-14-25-24(27-22)26-18-21-9-5-2-6-10-21/h1-11,14,20H,12-13,15-18H2,(H,25,26,27). The fourth-order valence-corrected chi connectivity index (χ4v) is 3.79. The number of carbonyl (C=O) groups is 1. The number of hydrogen-bond acceptors (Lipinski definition) is 4. The van der Waals surface area contributed by atoms with E-state index in [0.29, 0.717) is 24.1 Å². The van der Waals surface area contributed by atoms with Crippen LogP contribution in [0.5, 0.6) is 0 Å². The normalized spacial score (nSPS) is 14.6. The van der Waals surface area contributed by atoms with Gasteiger partial charge in [-0.05, 0) is 42.4 Å². The van der Waals surface area contributed by atoms with Crippen LogP contribution in [-0.4, -0.2) is 33.9 Å². The van der Waals surface area contributed by atoms with E-state index in [4.69, 9.17) is 0 Å². The van der Waals surface area contributed by atoms with Crippen LogP contribution in [0.2, 0.25) is 0 Å². The maximum atomic E-state index is 12.9. The van der Waals surface area contributed by atoms with Crippen molar-refractivity contribution in [3.05, 3.63) is 89.7 Å². The Labute approximate surface area is 171 Å². The number of carbonyl (C=O) groups excluding carboxylic acids is 1. The number of nitrogens with one attached hydrogen (secondary N) is 1. The van der Waals surface area contributed by atoms with Gasteiger partial charge >= 0.3 is 0 Å². The van der Waals surface area contributed by atoms with Crippen LogP contribution in [0.3, 0.4) is 0 Å². The Balaban J connectivity index is 1.31. The van der Waals surface area contributed by atoms with Crippen molar-refractivity contribution in [3.63, 3.8) is 0 Å². The molecular formula is C24H26N4O. The Bertz CT molecular complexity index is 922. The Kier molecular flexibility index (Phi) is 6.15. The first kappa shape index (κ1) is 19.1. The van der Waals surface area contributed by atoms with Gasteiger partial charge in [-0.25, -0.2) is 9.97 Å². The third kappa shape index (κ3) is 5.19. The van der Waals surface area contributed by atoms with Gasteiger partial charge in [-0.3, -0.25) is 4.79 Å². The topological polar surface area (TPSA) is 58.1 Å². The largest absolute Gasteiger partial charge is 0.350 e. The fraction of sp³-hybridized carbons (Fsp3) is 0.292. The number of aromatic nitrogens is 2. The van der Waals surface area contributed by atoms with Crippen LogP contribution in [0.15, 0.2) is 72.9 Å². The molecule has 0 saturated carbocycles. The first-order chi connectivity index (χ1) is 14.3. The highest BCUT2D eigenvalue weighted by molar-refractivity contribution is 5.92. The van der Waals surface area contributed by atoms with Crippen LogP contribution in [0.25, 0.3) is 0 Å². The molecule has 1 aliphatic heterocycles. The lowest BCUT2D eigenvalue weighted by atomic mass is 9.90. The van der Waals surface area contributed by atoms with Gasteiger partial charge in [0.15, 0.2) is 0 Å². The molecule has 1 N–H and O–H groups in total. The van der Waals surface area contributed by atoms with Crippen molar-refractivity contribution < 1.29 is 4.79 Å². The van der Waals surface area contributed by atoms with Crippen molar-refractivity contribution in [1.29, 1.82) is 0 Å². The molecule has 1 fully saturated rings. The van der Waals surface area contributed by atoms with E-state index >= 15 is 0 Å². The van der Waals surface area contributed by atoms with Crippen LogP contribution in [-0.2, 0) is 13.0 Å². The highest BCUT2D eigenvalue weighted by Crippen LogP contribution is 2.22. The summed E-state index contributed by atoms with van der Waals surface area (Å²) >= 11 is 0. The maximum absolute atomic E-state index is 12.9. The second kappa shape index (κ2) is 9.32. The first-order valence-corrected chi connectivity index (χ1v) is 10.2. The molecule has 0 bridgehead atoms. The molecule has 0 atom stereocenters. The zero-order valence-electron chi connectivity index (χ0n) is 16.5. The predicted octanol–water partition coefficient (Wildman–Crippen LogP) is 4.18. The summed E-state index contributed by atoms with van der Waals surface area (Å²) in [6, 6.07) is 22.4. The highest BCUT2D eigenvalue weighted by atomic mass is 16.2. The molecule has 1 aliphatic rings. The summed E-state index contributed by atoms with van der Waals surface area (Å²) in [7, 11) is 0. The molecule has 3 aromatic rings. The molecule has 1 saturated heterocycles. The van der Waals surface area contributed by atoms with Gasteiger partial charge in [-0.2, -0.15) is 0 Å². The quantitative estimate of drug-likeness (QED) is 0.690. The molecule has 148 valence electrons. The molecule has 4 rings (SSSR count). The number of anilines is 1. The summed E-state index contributed by atoms with van der Waals surface area (Å²) < 4.78 is 0. The van der Waals surface area contributed by atoms with Crippen molar-refractivity contribution in [2.45, 2.75) is 25.8 Å². The van der Waals surface area contributed by atoms with Crippen LogP contribution < -0.4 is 5.32 Å². The average molecular weight is 386 g/mol. The third-order valence-corrected chi connectivity index (χ3v) is 5.44. The molecule has 0 spiro atoms. The molecule has 0 radical (unpaired) electrons. The van der Waals surface area contributed by atoms with Crippen LogP contribution in [0.1, 0.15) is 34.5 Å². The monoisotopic (exact) mass is 386 g/mol. The lowest BCUT2D eigenvalue weighted by Crippen LogP contribution is -2.39. The maximum Gasteiger partial charge on any atom is 0.272 e. The van der Waals surface area contributed by atoms with Gasteiger partial charge in [-0.15, -0.1) is 0 Å². The lowest BCUT2D eigenvalue weighted by molar-refractivity contribution is 0.0684. The van der Waals surface area contributed by atoms with Crippen molar-refractivity contribution in [2.75, 3.05) is 18.4 Å². The molecule has 5 heteroatoms. The minimum atomic E-state index is -0.00618. The van der Waals surface area contributed by atoms with Crippen molar-refractivity contribution >= 4 is 11.9 Å². The molecule has 2 heterocycles. The van der Waals surface area contributed by atoms with E-state index in [2.05, 4.69) is 45.6 Å². The van der Waals surface area contributed by atoms with E-state index in [0.717, 1.165) is 37.9 Å². The van der Waals surface area contributed by atoms with Crippen molar-refractivity contribution in [3.8, 4) is 0 Å². The predicted molar refractivity (Wildman–Crippen MR) is 115 cm³/mol. The molecule has 1 amide bonds. The molecule has 29 heavy (non-hydrogen) atoms. The summed E-state index contributed by atoms with van der Waals surface area (Å²) in [5.74, 6) is 1.11. The number of rotatable bonds is 6. The van der Waals surface area contributed by atoms with Crippen LogP contribution in [0, 0.1) is 5.92 Å². The highest BCUT2D eigenvalue weighted by Gasteiger charge is 2.24. The number of hydrogen-bond donors (Lipinski definition) is 1. The summed E-state index contributed by atoms with van der Waals surface area (Å²) in [4.78, 5) is 23.5. The average Bonchev–Trinajstić information content (AvgIpc) is 2.79. The fourth-order valence-electron chi connectivity index (χ4n) is 3.79. The van der Waals surface area contributed by atoms with E-state index in [-0.39, 0.29) is 5.91 Å². The summed E-state index contributed by atoms with van der Waals surface area (Å²) in [5, 5.41) is 3.20. The summed E-state index contributed by atoms with van der Waals surface area (Å²) in [6.07, 6.45) is 4.80. The van der Waals surface area contributed by atoms with Crippen LogP contribution in [0.4, 0.5) is 5.95 Å². The van der Waals surface area contributed by atoms with Crippen LogP contribution >= 0.6 is 0 Å². The molecule has 0 aliphatic carbocycles. The summed E-state index contributed by atoms with van der Waals surface area (Å²) in [5.41, 5.74) is 2.98. The molecule has 1 aromatic heterocycles. The van der Waals surface area contributed by atoms with E-state index in [1.807, 2.05) is 35.2 Å². The number of amides is 1. The van der Waals surface area contributed by atoms with Gasteiger partial charge in [0.2, 0.25) is 5.95 Å². The first-order valence-electron chi connectivity index (χ1n) is 10.2. The second-order valence-corrected chi connectivity index (χ2v) is 7.53. The smallest absolute Gasteiger partial charge is 0.272 e. The van der Waals surface area contributed by atoms with Gasteiger partial charge in [-0.1, -0.05) is 60.7 Å². The van der Waals surface area contributed by atoms with E-state index in [9.17, 15) is 4.79 Å². The number of piperidine rings is 1. The van der Waals surface area contributed by atoms with Gasteiger partial charge in [0.1, 0.15) is 5.69 Å². The van der Waals surface area contributed by atoms with E-state index in [1.165, 1.54) is 5.56 Å².